The van der Waals surface area contributed by atoms with E-state index in [9.17, 15) is 4.79 Å². The Hall–Kier alpha value is -1.97. The lowest BCUT2D eigenvalue weighted by Crippen LogP contribution is -2.12. The Bertz CT molecular complexity index is 462. The minimum atomic E-state index is -0.480. The largest absolute Gasteiger partial charge is 0.366 e. The van der Waals surface area contributed by atoms with Crippen molar-refractivity contribution >= 4 is 16.8 Å². The van der Waals surface area contributed by atoms with E-state index in [0.717, 1.165) is 5.39 Å². The van der Waals surface area contributed by atoms with Gasteiger partial charge in [0.05, 0.1) is 17.3 Å². The molecule has 1 aromatic carbocycles. The standard InChI is InChI=1S/C9H7N3O/c10-9(13)7-5-11-12-8-4-2-1-3-6(7)8/h1-5H,(H2,10,13). The molecule has 0 unspecified atom stereocenters. The van der Waals surface area contributed by atoms with Gasteiger partial charge in [0.15, 0.2) is 0 Å². The van der Waals surface area contributed by atoms with E-state index in [0.29, 0.717) is 11.1 Å². The predicted octanol–water partition coefficient (Wildman–Crippen LogP) is 0.729. The van der Waals surface area contributed by atoms with Crippen LogP contribution in [0.1, 0.15) is 10.4 Å². The Morgan fingerprint density at radius 1 is 1.31 bits per heavy atom. The highest BCUT2D eigenvalue weighted by Crippen LogP contribution is 2.13. The maximum Gasteiger partial charge on any atom is 0.251 e. The minimum absolute atomic E-state index is 0.408. The number of nitrogens with two attached hydrogens (primary N) is 1. The number of fused-ring (bicyclic) bond motifs is 1. The van der Waals surface area contributed by atoms with Crippen molar-refractivity contribution in [1.29, 1.82) is 0 Å². The summed E-state index contributed by atoms with van der Waals surface area (Å²) < 4.78 is 0. The molecule has 0 spiro atoms. The highest BCUT2D eigenvalue weighted by atomic mass is 16.1. The first-order valence-electron chi connectivity index (χ1n) is 3.79. The molecule has 2 aromatic rings. The number of rotatable bonds is 1. The average Bonchev–Trinajstić information content (AvgIpc) is 2.17. The molecule has 0 radical (unpaired) electrons. The van der Waals surface area contributed by atoms with Gasteiger partial charge in [0.2, 0.25) is 0 Å². The van der Waals surface area contributed by atoms with Crippen molar-refractivity contribution in [3.8, 4) is 0 Å². The number of aromatic nitrogens is 2. The van der Waals surface area contributed by atoms with E-state index in [1.165, 1.54) is 6.20 Å². The molecular formula is C9H7N3O. The Balaban J connectivity index is 2.83. The quantitative estimate of drug-likeness (QED) is 0.691. The molecule has 0 atom stereocenters. The zero-order valence-corrected chi connectivity index (χ0v) is 6.77. The number of nitrogens with zero attached hydrogens (tertiary/aromatic N) is 2. The third kappa shape index (κ3) is 1.22. The number of hydrogen-bond donors (Lipinski definition) is 1. The average molecular weight is 173 g/mol. The number of amides is 1. The van der Waals surface area contributed by atoms with Gasteiger partial charge in [-0.15, -0.1) is 0 Å². The van der Waals surface area contributed by atoms with E-state index < -0.39 is 5.91 Å². The van der Waals surface area contributed by atoms with Crippen LogP contribution in [-0.2, 0) is 0 Å². The number of benzene rings is 1. The summed E-state index contributed by atoms with van der Waals surface area (Å²) in [6.45, 7) is 0. The van der Waals surface area contributed by atoms with Crippen LogP contribution in [0.5, 0.6) is 0 Å². The molecule has 0 aliphatic heterocycles. The minimum Gasteiger partial charge on any atom is -0.366 e. The fourth-order valence-electron chi connectivity index (χ4n) is 1.20. The Labute approximate surface area is 74.4 Å². The molecule has 1 heterocycles. The van der Waals surface area contributed by atoms with Crippen LogP contribution in [0.4, 0.5) is 0 Å². The number of primary amides is 1. The second kappa shape index (κ2) is 2.82. The smallest absolute Gasteiger partial charge is 0.251 e. The molecule has 2 rings (SSSR count). The van der Waals surface area contributed by atoms with Crippen LogP contribution in [0, 0.1) is 0 Å². The first kappa shape index (κ1) is 7.67. The van der Waals surface area contributed by atoms with Gasteiger partial charge in [-0.1, -0.05) is 18.2 Å². The summed E-state index contributed by atoms with van der Waals surface area (Å²) in [7, 11) is 0. The van der Waals surface area contributed by atoms with Gasteiger partial charge in [-0.25, -0.2) is 0 Å². The summed E-state index contributed by atoms with van der Waals surface area (Å²) in [4.78, 5) is 11.0. The maximum absolute atomic E-state index is 11.0. The topological polar surface area (TPSA) is 68.9 Å². The third-order valence-corrected chi connectivity index (χ3v) is 1.81. The summed E-state index contributed by atoms with van der Waals surface area (Å²) in [6, 6.07) is 7.25. The Morgan fingerprint density at radius 2 is 2.08 bits per heavy atom. The molecule has 0 aliphatic carbocycles. The third-order valence-electron chi connectivity index (χ3n) is 1.81. The molecule has 4 nitrogen and oxygen atoms in total. The molecular weight excluding hydrogens is 166 g/mol. The SMILES string of the molecule is NC(=O)c1cnnc2ccccc12. The summed E-state index contributed by atoms with van der Waals surface area (Å²) >= 11 is 0. The zero-order chi connectivity index (χ0) is 9.26. The molecule has 13 heavy (non-hydrogen) atoms. The van der Waals surface area contributed by atoms with Gasteiger partial charge < -0.3 is 5.73 Å². The van der Waals surface area contributed by atoms with Crippen molar-refractivity contribution in [3.05, 3.63) is 36.0 Å². The Kier molecular flexibility index (Phi) is 1.66. The summed E-state index contributed by atoms with van der Waals surface area (Å²) in [6.07, 6.45) is 1.38. The molecule has 1 aromatic heterocycles. The fraction of sp³-hybridized carbons (Fsp3) is 0. The van der Waals surface area contributed by atoms with Gasteiger partial charge in [-0.05, 0) is 6.07 Å². The van der Waals surface area contributed by atoms with Crippen molar-refractivity contribution in [1.82, 2.24) is 10.2 Å². The predicted molar refractivity (Wildman–Crippen MR) is 48.1 cm³/mol. The van der Waals surface area contributed by atoms with Crippen LogP contribution in [0.15, 0.2) is 30.5 Å². The van der Waals surface area contributed by atoms with Gasteiger partial charge in [-0.3, -0.25) is 4.79 Å². The summed E-state index contributed by atoms with van der Waals surface area (Å²) in [5.74, 6) is -0.480. The van der Waals surface area contributed by atoms with Crippen LogP contribution in [0.2, 0.25) is 0 Å². The lowest BCUT2D eigenvalue weighted by Gasteiger charge is -1.99. The van der Waals surface area contributed by atoms with Crippen molar-refractivity contribution < 1.29 is 4.79 Å². The van der Waals surface area contributed by atoms with E-state index in [1.807, 2.05) is 12.1 Å². The van der Waals surface area contributed by atoms with Crippen LogP contribution < -0.4 is 5.73 Å². The lowest BCUT2D eigenvalue weighted by molar-refractivity contribution is 0.100. The van der Waals surface area contributed by atoms with Gasteiger partial charge in [0, 0.05) is 5.39 Å². The second-order valence-electron chi connectivity index (χ2n) is 2.64. The van der Waals surface area contributed by atoms with E-state index >= 15 is 0 Å². The van der Waals surface area contributed by atoms with E-state index in [-0.39, 0.29) is 0 Å². The van der Waals surface area contributed by atoms with Crippen molar-refractivity contribution in [2.24, 2.45) is 5.73 Å². The van der Waals surface area contributed by atoms with E-state index in [4.69, 9.17) is 5.73 Å². The highest BCUT2D eigenvalue weighted by Gasteiger charge is 2.06. The first-order chi connectivity index (χ1) is 6.29. The molecule has 0 bridgehead atoms. The summed E-state index contributed by atoms with van der Waals surface area (Å²) in [5, 5.41) is 8.29. The molecule has 4 heteroatoms. The van der Waals surface area contributed by atoms with Gasteiger partial charge in [0.25, 0.3) is 5.91 Å². The van der Waals surface area contributed by atoms with Crippen molar-refractivity contribution in [2.75, 3.05) is 0 Å². The molecule has 2 N–H and O–H groups in total. The first-order valence-corrected chi connectivity index (χ1v) is 3.79. The number of carbonyl (C=O) groups excluding carboxylic acids is 1. The van der Waals surface area contributed by atoms with Gasteiger partial charge in [-0.2, -0.15) is 10.2 Å². The monoisotopic (exact) mass is 173 g/mol. The maximum atomic E-state index is 11.0. The van der Waals surface area contributed by atoms with Crippen molar-refractivity contribution in [2.45, 2.75) is 0 Å². The molecule has 1 amide bonds. The molecule has 0 fully saturated rings. The van der Waals surface area contributed by atoms with E-state index in [2.05, 4.69) is 10.2 Å². The number of hydrogen-bond acceptors (Lipinski definition) is 3. The fourth-order valence-corrected chi connectivity index (χ4v) is 1.20. The van der Waals surface area contributed by atoms with Crippen molar-refractivity contribution in [3.63, 3.8) is 0 Å². The van der Waals surface area contributed by atoms with Crippen LogP contribution in [0.3, 0.4) is 0 Å². The summed E-state index contributed by atoms with van der Waals surface area (Å²) in [5.41, 5.74) is 6.26. The molecule has 0 saturated carbocycles. The normalized spacial score (nSPS) is 10.2. The lowest BCUT2D eigenvalue weighted by atomic mass is 10.1. The van der Waals surface area contributed by atoms with Gasteiger partial charge >= 0.3 is 0 Å². The Morgan fingerprint density at radius 3 is 2.85 bits per heavy atom. The number of carbonyl (C=O) groups is 1. The zero-order valence-electron chi connectivity index (χ0n) is 6.77. The van der Waals surface area contributed by atoms with Crippen LogP contribution in [-0.4, -0.2) is 16.1 Å². The molecule has 0 aliphatic rings. The molecule has 0 saturated heterocycles. The van der Waals surface area contributed by atoms with Gasteiger partial charge in [0.1, 0.15) is 0 Å². The van der Waals surface area contributed by atoms with Crippen LogP contribution in [0.25, 0.3) is 10.9 Å². The van der Waals surface area contributed by atoms with E-state index in [1.54, 1.807) is 12.1 Å². The second-order valence-corrected chi connectivity index (χ2v) is 2.64. The van der Waals surface area contributed by atoms with Crippen LogP contribution >= 0.6 is 0 Å². The highest BCUT2D eigenvalue weighted by molar-refractivity contribution is 6.04. The molecule has 64 valence electrons.